The molecule has 0 spiro atoms. The van der Waals surface area contributed by atoms with Crippen LogP contribution in [-0.2, 0) is 0 Å². The van der Waals surface area contributed by atoms with Gasteiger partial charge >= 0.3 is 0 Å². The first-order chi connectivity index (χ1) is 5.75. The normalized spacial score (nSPS) is 10.9. The summed E-state index contributed by atoms with van der Waals surface area (Å²) in [7, 11) is 0. The predicted octanol–water partition coefficient (Wildman–Crippen LogP) is 1.73. The van der Waals surface area contributed by atoms with Gasteiger partial charge in [-0.05, 0) is 6.92 Å². The molecule has 0 atom stereocenters. The van der Waals surface area contributed by atoms with Gasteiger partial charge in [0.2, 0.25) is 0 Å². The van der Waals surface area contributed by atoms with Crippen LogP contribution in [0.4, 0.5) is 4.39 Å². The summed E-state index contributed by atoms with van der Waals surface area (Å²) in [6, 6.07) is 0. The lowest BCUT2D eigenvalue weighted by Gasteiger charge is -1.98. The van der Waals surface area contributed by atoms with Crippen molar-refractivity contribution in [3.8, 4) is 12.3 Å². The molecule has 1 heterocycles. The van der Waals surface area contributed by atoms with Crippen LogP contribution in [0.3, 0.4) is 0 Å². The fourth-order valence-electron chi connectivity index (χ4n) is 0.776. The van der Waals surface area contributed by atoms with E-state index >= 15 is 0 Å². The maximum atomic E-state index is 13.0. The van der Waals surface area contributed by atoms with Gasteiger partial charge in [0, 0.05) is 12.3 Å². The van der Waals surface area contributed by atoms with Gasteiger partial charge in [-0.2, -0.15) is 0 Å². The first-order valence-corrected chi connectivity index (χ1v) is 3.34. The van der Waals surface area contributed by atoms with Gasteiger partial charge in [0.1, 0.15) is 12.2 Å². The van der Waals surface area contributed by atoms with E-state index in [1.165, 1.54) is 12.5 Å². The van der Waals surface area contributed by atoms with Crippen LogP contribution in [0.25, 0.3) is 5.83 Å². The third-order valence-electron chi connectivity index (χ3n) is 1.38. The summed E-state index contributed by atoms with van der Waals surface area (Å²) in [6.45, 7) is 1.70. The van der Waals surface area contributed by atoms with Gasteiger partial charge in [-0.1, -0.05) is 5.92 Å². The Kier molecular flexibility index (Phi) is 2.54. The topological polar surface area (TPSA) is 25.8 Å². The van der Waals surface area contributed by atoms with Crippen LogP contribution in [0, 0.1) is 19.3 Å². The summed E-state index contributed by atoms with van der Waals surface area (Å²) in [6.07, 6.45) is 8.71. The van der Waals surface area contributed by atoms with Crippen molar-refractivity contribution in [2.75, 3.05) is 0 Å². The van der Waals surface area contributed by atoms with Crippen molar-refractivity contribution >= 4 is 5.83 Å². The van der Waals surface area contributed by atoms with Crippen LogP contribution >= 0.6 is 0 Å². The Hall–Kier alpha value is -1.69. The molecule has 1 aromatic heterocycles. The molecule has 0 radical (unpaired) electrons. The highest BCUT2D eigenvalue weighted by Gasteiger charge is 2.03. The Labute approximate surface area is 70.2 Å². The smallest absolute Gasteiger partial charge is 0.142 e. The second-order valence-electron chi connectivity index (χ2n) is 2.18. The summed E-state index contributed by atoms with van der Waals surface area (Å²) < 4.78 is 13.0. The van der Waals surface area contributed by atoms with Crippen molar-refractivity contribution in [1.82, 2.24) is 9.97 Å². The molecule has 0 saturated heterocycles. The fourth-order valence-corrected chi connectivity index (χ4v) is 0.776. The molecule has 0 saturated carbocycles. The molecule has 3 heteroatoms. The molecule has 1 rings (SSSR count). The van der Waals surface area contributed by atoms with Crippen molar-refractivity contribution in [1.29, 1.82) is 0 Å². The Morgan fingerprint density at radius 3 is 3.08 bits per heavy atom. The molecular formula is C9H7FN2. The predicted molar refractivity (Wildman–Crippen MR) is 44.7 cm³/mol. The van der Waals surface area contributed by atoms with E-state index in [4.69, 9.17) is 6.42 Å². The van der Waals surface area contributed by atoms with Crippen molar-refractivity contribution in [2.24, 2.45) is 0 Å². The van der Waals surface area contributed by atoms with E-state index in [1.54, 1.807) is 6.92 Å². The number of allylic oxidation sites excluding steroid dienone is 1. The maximum Gasteiger partial charge on any atom is 0.142 e. The van der Waals surface area contributed by atoms with E-state index in [-0.39, 0.29) is 0 Å². The Morgan fingerprint density at radius 1 is 1.75 bits per heavy atom. The highest BCUT2D eigenvalue weighted by molar-refractivity contribution is 5.62. The molecule has 0 aliphatic rings. The molecule has 60 valence electrons. The van der Waals surface area contributed by atoms with Crippen molar-refractivity contribution < 1.29 is 4.39 Å². The van der Waals surface area contributed by atoms with E-state index in [0.29, 0.717) is 11.3 Å². The molecule has 0 unspecified atom stereocenters. The first-order valence-electron chi connectivity index (χ1n) is 3.34. The average molecular weight is 162 g/mol. The standard InChI is InChI=1S/C9H7FN2/c1-3-4-9(10)8-5-11-6-12-7(8)2/h1,4-6H,2H3/b9-4+. The van der Waals surface area contributed by atoms with E-state index in [1.807, 2.05) is 0 Å². The number of halogens is 1. The third kappa shape index (κ3) is 1.67. The zero-order valence-electron chi connectivity index (χ0n) is 6.58. The molecule has 0 bridgehead atoms. The van der Waals surface area contributed by atoms with Crippen LogP contribution in [0.5, 0.6) is 0 Å². The van der Waals surface area contributed by atoms with Gasteiger partial charge in [0.05, 0.1) is 11.3 Å². The van der Waals surface area contributed by atoms with Gasteiger partial charge in [0.25, 0.3) is 0 Å². The van der Waals surface area contributed by atoms with E-state index in [9.17, 15) is 4.39 Å². The van der Waals surface area contributed by atoms with Crippen LogP contribution in [0.1, 0.15) is 11.3 Å². The highest BCUT2D eigenvalue weighted by Crippen LogP contribution is 2.15. The van der Waals surface area contributed by atoms with Crippen LogP contribution < -0.4 is 0 Å². The molecule has 0 aromatic carbocycles. The average Bonchev–Trinajstić information content (AvgIpc) is 2.05. The molecule has 0 amide bonds. The minimum Gasteiger partial charge on any atom is -0.244 e. The lowest BCUT2D eigenvalue weighted by atomic mass is 10.2. The Balaban J connectivity index is 3.13. The van der Waals surface area contributed by atoms with E-state index in [2.05, 4.69) is 15.9 Å². The molecule has 12 heavy (non-hydrogen) atoms. The van der Waals surface area contributed by atoms with Crippen molar-refractivity contribution in [2.45, 2.75) is 6.92 Å². The number of aromatic nitrogens is 2. The van der Waals surface area contributed by atoms with E-state index in [0.717, 1.165) is 6.08 Å². The molecule has 1 aromatic rings. The number of nitrogens with zero attached hydrogens (tertiary/aromatic N) is 2. The summed E-state index contributed by atoms with van der Waals surface area (Å²) >= 11 is 0. The first kappa shape index (κ1) is 8.41. The minimum absolute atomic E-state index is 0.343. The minimum atomic E-state index is -0.476. The van der Waals surface area contributed by atoms with E-state index < -0.39 is 5.83 Å². The fraction of sp³-hybridized carbons (Fsp3) is 0.111. The highest BCUT2D eigenvalue weighted by atomic mass is 19.1. The number of hydrogen-bond donors (Lipinski definition) is 0. The SMILES string of the molecule is C#C/C=C(/F)c1cncnc1C. The molecule has 2 nitrogen and oxygen atoms in total. The van der Waals surface area contributed by atoms with Crippen LogP contribution in [-0.4, -0.2) is 9.97 Å². The molecule has 0 aliphatic carbocycles. The zero-order chi connectivity index (χ0) is 8.97. The number of hydrogen-bond acceptors (Lipinski definition) is 2. The van der Waals surface area contributed by atoms with Crippen molar-refractivity contribution in [3.05, 3.63) is 29.9 Å². The Bertz CT molecular complexity index is 350. The van der Waals surface area contributed by atoms with Gasteiger partial charge in [-0.3, -0.25) is 0 Å². The zero-order valence-corrected chi connectivity index (χ0v) is 6.58. The summed E-state index contributed by atoms with van der Waals surface area (Å²) in [4.78, 5) is 7.51. The number of aryl methyl sites for hydroxylation is 1. The van der Waals surface area contributed by atoms with Crippen LogP contribution in [0.15, 0.2) is 18.6 Å². The second-order valence-corrected chi connectivity index (χ2v) is 2.18. The van der Waals surface area contributed by atoms with Gasteiger partial charge < -0.3 is 0 Å². The largest absolute Gasteiger partial charge is 0.244 e. The Morgan fingerprint density at radius 2 is 2.50 bits per heavy atom. The van der Waals surface area contributed by atoms with Gasteiger partial charge in [0.15, 0.2) is 0 Å². The quantitative estimate of drug-likeness (QED) is 0.587. The lowest BCUT2D eigenvalue weighted by Crippen LogP contribution is -1.89. The number of rotatable bonds is 1. The van der Waals surface area contributed by atoms with Gasteiger partial charge in [-0.15, -0.1) is 6.42 Å². The lowest BCUT2D eigenvalue weighted by molar-refractivity contribution is 0.755. The summed E-state index contributed by atoms with van der Waals surface area (Å²) in [5, 5.41) is 0. The van der Waals surface area contributed by atoms with Crippen LogP contribution in [0.2, 0.25) is 0 Å². The van der Waals surface area contributed by atoms with Gasteiger partial charge in [-0.25, -0.2) is 14.4 Å². The molecule has 0 aliphatic heterocycles. The molecule has 0 N–H and O–H groups in total. The molecule has 0 fully saturated rings. The maximum absolute atomic E-state index is 13.0. The summed E-state index contributed by atoms with van der Waals surface area (Å²) in [5.74, 6) is 1.62. The molecular weight excluding hydrogens is 155 g/mol. The van der Waals surface area contributed by atoms with Crippen molar-refractivity contribution in [3.63, 3.8) is 0 Å². The monoisotopic (exact) mass is 162 g/mol. The summed E-state index contributed by atoms with van der Waals surface area (Å²) in [5.41, 5.74) is 0.921. The third-order valence-corrected chi connectivity index (χ3v) is 1.38. The number of terminal acetylenes is 1. The second kappa shape index (κ2) is 3.63.